The lowest BCUT2D eigenvalue weighted by Crippen LogP contribution is -2.05. The average Bonchev–Trinajstić information content (AvgIpc) is 2.93. The fourth-order valence-electron chi connectivity index (χ4n) is 2.01. The van der Waals surface area contributed by atoms with Gasteiger partial charge in [-0.1, -0.05) is 17.7 Å². The molecule has 0 aliphatic heterocycles. The van der Waals surface area contributed by atoms with Gasteiger partial charge in [-0.2, -0.15) is 9.97 Å². The van der Waals surface area contributed by atoms with Crippen LogP contribution in [0.25, 0.3) is 11.2 Å². The second-order valence-electron chi connectivity index (χ2n) is 4.22. The lowest BCUT2D eigenvalue weighted by molar-refractivity contribution is 0.410. The standard InChI is InChI=1S/C13H11Cl2N5O/c1-21-9-4-2-3-8(14)7(9)5-16-11-10-12(18-6-17-10)20-13(15)19-11/h2-4,6H,5H2,1H3,(H2,16,17,18,19,20). The molecule has 3 rings (SSSR count). The maximum atomic E-state index is 6.20. The predicted octanol–water partition coefficient (Wildman–Crippen LogP) is 3.28. The molecule has 3 aromatic rings. The van der Waals surface area contributed by atoms with Gasteiger partial charge in [0.1, 0.15) is 11.3 Å². The average molecular weight is 324 g/mol. The zero-order valence-corrected chi connectivity index (χ0v) is 12.5. The molecule has 108 valence electrons. The number of nitrogens with zero attached hydrogens (tertiary/aromatic N) is 3. The third-order valence-electron chi connectivity index (χ3n) is 2.99. The normalized spacial score (nSPS) is 10.8. The minimum atomic E-state index is 0.128. The largest absolute Gasteiger partial charge is 0.496 e. The fraction of sp³-hybridized carbons (Fsp3) is 0.154. The van der Waals surface area contributed by atoms with Crippen LogP contribution in [0.1, 0.15) is 5.56 Å². The minimum absolute atomic E-state index is 0.128. The first-order valence-corrected chi connectivity index (χ1v) is 6.86. The molecule has 0 amide bonds. The molecule has 8 heteroatoms. The second kappa shape index (κ2) is 5.75. The molecular weight excluding hydrogens is 313 g/mol. The van der Waals surface area contributed by atoms with Crippen LogP contribution < -0.4 is 10.1 Å². The van der Waals surface area contributed by atoms with E-state index in [9.17, 15) is 0 Å². The number of rotatable bonds is 4. The Labute approximate surface area is 130 Å². The van der Waals surface area contributed by atoms with Crippen molar-refractivity contribution >= 4 is 40.2 Å². The number of methoxy groups -OCH3 is 1. The molecule has 0 fully saturated rings. The molecule has 1 aromatic carbocycles. The first-order chi connectivity index (χ1) is 10.2. The summed E-state index contributed by atoms with van der Waals surface area (Å²) in [6.07, 6.45) is 1.54. The summed E-state index contributed by atoms with van der Waals surface area (Å²) < 4.78 is 5.31. The van der Waals surface area contributed by atoms with Gasteiger partial charge in [-0.05, 0) is 23.7 Å². The maximum absolute atomic E-state index is 6.20. The molecule has 0 unspecified atom stereocenters. The highest BCUT2D eigenvalue weighted by Crippen LogP contribution is 2.27. The second-order valence-corrected chi connectivity index (χ2v) is 4.96. The lowest BCUT2D eigenvalue weighted by atomic mass is 10.2. The Balaban J connectivity index is 1.92. The van der Waals surface area contributed by atoms with Gasteiger partial charge in [0.2, 0.25) is 5.28 Å². The van der Waals surface area contributed by atoms with E-state index in [4.69, 9.17) is 27.9 Å². The molecule has 0 bridgehead atoms. The van der Waals surface area contributed by atoms with Crippen molar-refractivity contribution in [2.45, 2.75) is 6.54 Å². The maximum Gasteiger partial charge on any atom is 0.226 e. The van der Waals surface area contributed by atoms with Gasteiger partial charge in [0.25, 0.3) is 0 Å². The van der Waals surface area contributed by atoms with Crippen molar-refractivity contribution < 1.29 is 4.74 Å². The number of imidazole rings is 1. The van der Waals surface area contributed by atoms with Gasteiger partial charge in [-0.3, -0.25) is 0 Å². The smallest absolute Gasteiger partial charge is 0.226 e. The summed E-state index contributed by atoms with van der Waals surface area (Å²) in [6, 6.07) is 5.49. The van der Waals surface area contributed by atoms with Crippen molar-refractivity contribution in [1.29, 1.82) is 0 Å². The van der Waals surface area contributed by atoms with Crippen LogP contribution in [0.3, 0.4) is 0 Å². The third kappa shape index (κ3) is 2.72. The van der Waals surface area contributed by atoms with Crippen LogP contribution in [0.2, 0.25) is 10.3 Å². The SMILES string of the molecule is COc1cccc(Cl)c1CNc1nc(Cl)nc2nc[nH]c12. The lowest BCUT2D eigenvalue weighted by Gasteiger charge is -2.12. The number of H-pyrrole nitrogens is 1. The molecule has 0 spiro atoms. The van der Waals surface area contributed by atoms with E-state index in [1.165, 1.54) is 6.33 Å². The van der Waals surface area contributed by atoms with E-state index < -0.39 is 0 Å². The van der Waals surface area contributed by atoms with Crippen LogP contribution in [0.4, 0.5) is 5.82 Å². The number of halogens is 2. The zero-order valence-electron chi connectivity index (χ0n) is 11.0. The molecule has 2 heterocycles. The molecule has 0 aliphatic carbocycles. The molecule has 0 atom stereocenters. The summed E-state index contributed by atoms with van der Waals surface area (Å²) in [4.78, 5) is 15.2. The Kier molecular flexibility index (Phi) is 3.81. The molecular formula is C13H11Cl2N5O. The quantitative estimate of drug-likeness (QED) is 0.720. The van der Waals surface area contributed by atoms with Gasteiger partial charge < -0.3 is 15.0 Å². The number of aromatic nitrogens is 4. The van der Waals surface area contributed by atoms with E-state index in [2.05, 4.69) is 25.3 Å². The topological polar surface area (TPSA) is 75.7 Å². The Hall–Kier alpha value is -2.05. The first kappa shape index (κ1) is 13.9. The van der Waals surface area contributed by atoms with Gasteiger partial charge in [0, 0.05) is 17.1 Å². The van der Waals surface area contributed by atoms with Crippen molar-refractivity contribution in [1.82, 2.24) is 19.9 Å². The zero-order chi connectivity index (χ0) is 14.8. The summed E-state index contributed by atoms with van der Waals surface area (Å²) in [5, 5.41) is 3.92. The van der Waals surface area contributed by atoms with Crippen LogP contribution in [0, 0.1) is 0 Å². The van der Waals surface area contributed by atoms with E-state index >= 15 is 0 Å². The third-order valence-corrected chi connectivity index (χ3v) is 3.51. The molecule has 0 saturated heterocycles. The minimum Gasteiger partial charge on any atom is -0.496 e. The van der Waals surface area contributed by atoms with Gasteiger partial charge in [0.05, 0.1) is 13.4 Å². The Morgan fingerprint density at radius 2 is 2.14 bits per heavy atom. The molecule has 21 heavy (non-hydrogen) atoms. The van der Waals surface area contributed by atoms with Crippen LogP contribution >= 0.6 is 23.2 Å². The Bertz CT molecular complexity index is 789. The molecule has 2 N–H and O–H groups in total. The van der Waals surface area contributed by atoms with E-state index in [0.29, 0.717) is 34.3 Å². The highest BCUT2D eigenvalue weighted by molar-refractivity contribution is 6.31. The molecule has 2 aromatic heterocycles. The summed E-state index contributed by atoms with van der Waals surface area (Å²) in [7, 11) is 1.60. The van der Waals surface area contributed by atoms with E-state index in [1.807, 2.05) is 12.1 Å². The van der Waals surface area contributed by atoms with E-state index in [1.54, 1.807) is 13.2 Å². The number of benzene rings is 1. The Morgan fingerprint density at radius 1 is 1.29 bits per heavy atom. The summed E-state index contributed by atoms with van der Waals surface area (Å²) in [5.74, 6) is 1.26. The van der Waals surface area contributed by atoms with Crippen molar-refractivity contribution in [2.75, 3.05) is 12.4 Å². The fourth-order valence-corrected chi connectivity index (χ4v) is 2.41. The van der Waals surface area contributed by atoms with Crippen molar-refractivity contribution in [3.63, 3.8) is 0 Å². The highest BCUT2D eigenvalue weighted by Gasteiger charge is 2.11. The van der Waals surface area contributed by atoms with Crippen molar-refractivity contribution in [2.24, 2.45) is 0 Å². The number of anilines is 1. The molecule has 0 aliphatic rings. The summed E-state index contributed by atoms with van der Waals surface area (Å²) in [6.45, 7) is 0.435. The number of fused-ring (bicyclic) bond motifs is 1. The van der Waals surface area contributed by atoms with Gasteiger partial charge in [0.15, 0.2) is 11.5 Å². The van der Waals surface area contributed by atoms with E-state index in [0.717, 1.165) is 5.56 Å². The highest BCUT2D eigenvalue weighted by atomic mass is 35.5. The molecule has 0 saturated carbocycles. The predicted molar refractivity (Wildman–Crippen MR) is 82.0 cm³/mol. The molecule has 6 nitrogen and oxygen atoms in total. The van der Waals surface area contributed by atoms with Crippen LogP contribution in [0.15, 0.2) is 24.5 Å². The number of hydrogen-bond acceptors (Lipinski definition) is 5. The number of aromatic amines is 1. The van der Waals surface area contributed by atoms with Crippen LogP contribution in [-0.4, -0.2) is 27.0 Å². The monoisotopic (exact) mass is 323 g/mol. The van der Waals surface area contributed by atoms with Gasteiger partial charge in [-0.25, -0.2) is 4.98 Å². The van der Waals surface area contributed by atoms with Crippen molar-refractivity contribution in [3.8, 4) is 5.75 Å². The number of hydrogen-bond donors (Lipinski definition) is 2. The molecule has 0 radical (unpaired) electrons. The summed E-state index contributed by atoms with van der Waals surface area (Å²) in [5.41, 5.74) is 2.03. The number of nitrogens with one attached hydrogen (secondary N) is 2. The van der Waals surface area contributed by atoms with Crippen molar-refractivity contribution in [3.05, 3.63) is 40.4 Å². The van der Waals surface area contributed by atoms with Gasteiger partial charge in [-0.15, -0.1) is 0 Å². The number of ether oxygens (including phenoxy) is 1. The first-order valence-electron chi connectivity index (χ1n) is 6.11. The van der Waals surface area contributed by atoms with Crippen LogP contribution in [-0.2, 0) is 6.54 Å². The van der Waals surface area contributed by atoms with Crippen LogP contribution in [0.5, 0.6) is 5.75 Å². The van der Waals surface area contributed by atoms with E-state index in [-0.39, 0.29) is 5.28 Å². The van der Waals surface area contributed by atoms with Gasteiger partial charge >= 0.3 is 0 Å². The Morgan fingerprint density at radius 3 is 2.95 bits per heavy atom. The summed E-state index contributed by atoms with van der Waals surface area (Å²) >= 11 is 12.1.